The molecule has 0 atom stereocenters. The van der Waals surface area contributed by atoms with Gasteiger partial charge in [0.1, 0.15) is 0 Å². The number of carbonyl (C=O) groups is 1. The molecular weight excluding hydrogens is 348 g/mol. The van der Waals surface area contributed by atoms with Gasteiger partial charge in [-0.25, -0.2) is 13.1 Å². The van der Waals surface area contributed by atoms with Crippen molar-refractivity contribution < 1.29 is 13.2 Å². The molecule has 0 spiro atoms. The van der Waals surface area contributed by atoms with Gasteiger partial charge >= 0.3 is 0 Å². The molecule has 2 N–H and O–H groups in total. The van der Waals surface area contributed by atoms with Crippen LogP contribution in [0.3, 0.4) is 0 Å². The van der Waals surface area contributed by atoms with Crippen molar-refractivity contribution in [3.8, 4) is 0 Å². The summed E-state index contributed by atoms with van der Waals surface area (Å²) in [6.45, 7) is 0.396. The molecule has 3 rings (SSSR count). The van der Waals surface area contributed by atoms with Crippen molar-refractivity contribution in [2.24, 2.45) is 0 Å². The Kier molecular flexibility index (Phi) is 6.48. The molecule has 0 unspecified atom stereocenters. The normalized spacial score (nSPS) is 18.5. The number of hydrogen-bond donors (Lipinski definition) is 2. The summed E-state index contributed by atoms with van der Waals surface area (Å²) < 4.78 is 27.7. The lowest BCUT2D eigenvalue weighted by molar-refractivity contribution is 0.0937. The zero-order valence-electron chi connectivity index (χ0n) is 15.2. The summed E-state index contributed by atoms with van der Waals surface area (Å²) in [7, 11) is -3.60. The number of amides is 1. The molecule has 0 heterocycles. The van der Waals surface area contributed by atoms with Crippen molar-refractivity contribution in [3.63, 3.8) is 0 Å². The van der Waals surface area contributed by atoms with E-state index in [4.69, 9.17) is 0 Å². The zero-order chi connectivity index (χ0) is 18.4. The Balaban J connectivity index is 1.59. The first-order valence-electron chi connectivity index (χ1n) is 9.63. The third-order valence-electron chi connectivity index (χ3n) is 5.22. The average Bonchev–Trinajstić information content (AvgIpc) is 3.15. The molecule has 26 heavy (non-hydrogen) atoms. The van der Waals surface area contributed by atoms with Gasteiger partial charge in [0.2, 0.25) is 10.0 Å². The van der Waals surface area contributed by atoms with E-state index in [9.17, 15) is 13.2 Å². The zero-order valence-corrected chi connectivity index (χ0v) is 16.0. The van der Waals surface area contributed by atoms with Crippen LogP contribution in [0.2, 0.25) is 0 Å². The second-order valence-electron chi connectivity index (χ2n) is 7.24. The molecule has 1 aromatic carbocycles. The van der Waals surface area contributed by atoms with Crippen LogP contribution in [0.1, 0.15) is 68.1 Å². The van der Waals surface area contributed by atoms with E-state index < -0.39 is 10.0 Å². The van der Waals surface area contributed by atoms with Gasteiger partial charge in [-0.3, -0.25) is 4.79 Å². The molecule has 0 aliphatic heterocycles. The highest BCUT2D eigenvalue weighted by atomic mass is 32.2. The minimum atomic E-state index is -3.60. The predicted octanol–water partition coefficient (Wildman–Crippen LogP) is 3.53. The third kappa shape index (κ3) is 5.17. The lowest BCUT2D eigenvalue weighted by Gasteiger charge is -2.14. The Morgan fingerprint density at radius 3 is 2.65 bits per heavy atom. The first-order chi connectivity index (χ1) is 12.5. The third-order valence-corrected chi connectivity index (χ3v) is 6.68. The molecule has 1 fully saturated rings. The highest BCUT2D eigenvalue weighted by Gasteiger charge is 2.20. The standard InChI is InChI=1S/C20H28N2O3S/c23-20(22-18-10-4-5-11-18)17-9-6-12-19(15-17)26(24,25)21-14-13-16-7-2-1-3-8-16/h6-7,9,12,15,18,21H,1-5,8,10-11,13-14H2,(H,22,23). The van der Waals surface area contributed by atoms with Crippen LogP contribution in [-0.4, -0.2) is 26.9 Å². The number of carbonyl (C=O) groups excluding carboxylic acids is 1. The van der Waals surface area contributed by atoms with E-state index in [1.54, 1.807) is 12.1 Å². The fraction of sp³-hybridized carbons (Fsp3) is 0.550. The molecular formula is C20H28N2O3S. The van der Waals surface area contributed by atoms with E-state index in [0.717, 1.165) is 44.9 Å². The van der Waals surface area contributed by atoms with Crippen LogP contribution in [0.5, 0.6) is 0 Å². The van der Waals surface area contributed by atoms with Gasteiger partial charge < -0.3 is 5.32 Å². The summed E-state index contributed by atoms with van der Waals surface area (Å²) >= 11 is 0. The summed E-state index contributed by atoms with van der Waals surface area (Å²) in [4.78, 5) is 12.5. The number of allylic oxidation sites excluding steroid dienone is 1. The topological polar surface area (TPSA) is 75.3 Å². The van der Waals surface area contributed by atoms with Gasteiger partial charge in [0, 0.05) is 18.2 Å². The molecule has 1 saturated carbocycles. The van der Waals surface area contributed by atoms with Gasteiger partial charge in [-0.15, -0.1) is 0 Å². The molecule has 2 aliphatic carbocycles. The number of hydrogen-bond acceptors (Lipinski definition) is 3. The average molecular weight is 377 g/mol. The quantitative estimate of drug-likeness (QED) is 0.715. The van der Waals surface area contributed by atoms with Crippen LogP contribution in [-0.2, 0) is 10.0 Å². The Morgan fingerprint density at radius 1 is 1.12 bits per heavy atom. The number of nitrogens with one attached hydrogen (secondary N) is 2. The van der Waals surface area contributed by atoms with Crippen LogP contribution >= 0.6 is 0 Å². The van der Waals surface area contributed by atoms with Crippen LogP contribution in [0.25, 0.3) is 0 Å². The van der Waals surface area contributed by atoms with Gasteiger partial charge in [-0.2, -0.15) is 0 Å². The molecule has 6 heteroatoms. The maximum Gasteiger partial charge on any atom is 0.251 e. The van der Waals surface area contributed by atoms with Crippen molar-refractivity contribution >= 4 is 15.9 Å². The molecule has 0 radical (unpaired) electrons. The largest absolute Gasteiger partial charge is 0.349 e. The van der Waals surface area contributed by atoms with Gasteiger partial charge in [-0.1, -0.05) is 30.6 Å². The van der Waals surface area contributed by atoms with Crippen molar-refractivity contribution in [1.29, 1.82) is 0 Å². The maximum absolute atomic E-state index is 12.5. The minimum Gasteiger partial charge on any atom is -0.349 e. The van der Waals surface area contributed by atoms with E-state index in [1.807, 2.05) is 0 Å². The molecule has 0 saturated heterocycles. The fourth-order valence-corrected chi connectivity index (χ4v) is 4.78. The Hall–Kier alpha value is -1.66. The summed E-state index contributed by atoms with van der Waals surface area (Å²) in [6.07, 6.45) is 11.8. The summed E-state index contributed by atoms with van der Waals surface area (Å²) in [5.41, 5.74) is 1.73. The van der Waals surface area contributed by atoms with Gasteiger partial charge in [0.05, 0.1) is 4.90 Å². The van der Waals surface area contributed by atoms with Crippen molar-refractivity contribution in [2.45, 2.75) is 68.7 Å². The second kappa shape index (κ2) is 8.82. The first-order valence-corrected chi connectivity index (χ1v) is 11.1. The molecule has 0 bridgehead atoms. The van der Waals surface area contributed by atoms with Crippen molar-refractivity contribution in [2.75, 3.05) is 6.54 Å². The number of sulfonamides is 1. The van der Waals surface area contributed by atoms with Crippen molar-refractivity contribution in [3.05, 3.63) is 41.5 Å². The van der Waals surface area contributed by atoms with E-state index in [-0.39, 0.29) is 16.8 Å². The fourth-order valence-electron chi connectivity index (χ4n) is 3.70. The van der Waals surface area contributed by atoms with Crippen LogP contribution < -0.4 is 10.0 Å². The smallest absolute Gasteiger partial charge is 0.251 e. The maximum atomic E-state index is 12.5. The van der Waals surface area contributed by atoms with Crippen LogP contribution in [0, 0.1) is 0 Å². The lowest BCUT2D eigenvalue weighted by Crippen LogP contribution is -2.32. The van der Waals surface area contributed by atoms with Gasteiger partial charge in [0.25, 0.3) is 5.91 Å². The molecule has 2 aliphatic rings. The van der Waals surface area contributed by atoms with Gasteiger partial charge in [0.15, 0.2) is 0 Å². The SMILES string of the molecule is O=C(NC1CCCC1)c1cccc(S(=O)(=O)NCCC2=CCCCC2)c1. The number of benzene rings is 1. The second-order valence-corrected chi connectivity index (χ2v) is 9.01. The summed E-state index contributed by atoms with van der Waals surface area (Å²) in [6, 6.07) is 6.50. The van der Waals surface area contributed by atoms with E-state index >= 15 is 0 Å². The molecule has 1 aromatic rings. The first kappa shape index (κ1) is 19.1. The molecule has 142 valence electrons. The highest BCUT2D eigenvalue weighted by Crippen LogP contribution is 2.20. The minimum absolute atomic E-state index is 0.147. The Morgan fingerprint density at radius 2 is 1.92 bits per heavy atom. The molecule has 0 aromatic heterocycles. The highest BCUT2D eigenvalue weighted by molar-refractivity contribution is 7.89. The molecule has 5 nitrogen and oxygen atoms in total. The van der Waals surface area contributed by atoms with Gasteiger partial charge in [-0.05, 0) is 63.1 Å². The Labute approximate surface area is 156 Å². The van der Waals surface area contributed by atoms with Crippen LogP contribution in [0.15, 0.2) is 40.8 Å². The predicted molar refractivity (Wildman–Crippen MR) is 103 cm³/mol. The van der Waals surface area contributed by atoms with E-state index in [2.05, 4.69) is 16.1 Å². The Bertz CT molecular complexity index is 765. The van der Waals surface area contributed by atoms with E-state index in [0.29, 0.717) is 12.1 Å². The lowest BCUT2D eigenvalue weighted by atomic mass is 9.97. The van der Waals surface area contributed by atoms with Crippen LogP contribution in [0.4, 0.5) is 0 Å². The summed E-state index contributed by atoms with van der Waals surface area (Å²) in [5.74, 6) is -0.193. The van der Waals surface area contributed by atoms with E-state index in [1.165, 1.54) is 30.5 Å². The van der Waals surface area contributed by atoms with Crippen molar-refractivity contribution in [1.82, 2.24) is 10.0 Å². The summed E-state index contributed by atoms with van der Waals surface area (Å²) in [5, 5.41) is 3.00. The monoisotopic (exact) mass is 376 g/mol. The number of rotatable bonds is 7. The molecule has 1 amide bonds.